The lowest BCUT2D eigenvalue weighted by Gasteiger charge is -2.32. The molecule has 0 bridgehead atoms. The second kappa shape index (κ2) is 7.70. The molecule has 132 valence electrons. The Bertz CT molecular complexity index is 799. The Labute approximate surface area is 151 Å². The van der Waals surface area contributed by atoms with Crippen molar-refractivity contribution in [2.24, 2.45) is 5.92 Å². The number of hydrogen-bond acceptors (Lipinski definition) is 5. The molecule has 0 aliphatic carbocycles. The number of carbonyl (C=O) groups is 1. The number of piperidine rings is 1. The van der Waals surface area contributed by atoms with Crippen molar-refractivity contribution in [3.8, 4) is 0 Å². The quantitative estimate of drug-likeness (QED) is 0.782. The van der Waals surface area contributed by atoms with Crippen molar-refractivity contribution in [2.75, 3.05) is 25.1 Å². The third-order valence-corrected chi connectivity index (χ3v) is 4.87. The molecule has 6 nitrogen and oxygen atoms in total. The molecule has 0 saturated carbocycles. The van der Waals surface area contributed by atoms with E-state index in [4.69, 9.17) is 16.3 Å². The summed E-state index contributed by atoms with van der Waals surface area (Å²) in [4.78, 5) is 26.1. The van der Waals surface area contributed by atoms with Gasteiger partial charge in [-0.3, -0.25) is 9.59 Å². The molecule has 0 unspecified atom stereocenters. The van der Waals surface area contributed by atoms with Gasteiger partial charge >= 0.3 is 5.97 Å². The lowest BCUT2D eigenvalue weighted by molar-refractivity contribution is -0.146. The van der Waals surface area contributed by atoms with Crippen LogP contribution in [0.15, 0.2) is 41.3 Å². The fourth-order valence-electron chi connectivity index (χ4n) is 3.07. The number of ether oxygens (including phenoxy) is 1. The first kappa shape index (κ1) is 17.5. The molecular formula is C18H20ClN3O3. The number of methoxy groups -OCH3 is 1. The minimum absolute atomic E-state index is 0.0913. The molecule has 1 aliphatic heterocycles. The summed E-state index contributed by atoms with van der Waals surface area (Å²) in [6.07, 6.45) is 2.98. The van der Waals surface area contributed by atoms with Crippen LogP contribution in [0, 0.1) is 5.92 Å². The fourth-order valence-corrected chi connectivity index (χ4v) is 3.33. The predicted octanol–water partition coefficient (Wildman–Crippen LogP) is 2.33. The minimum atomic E-state index is -0.307. The first-order valence-electron chi connectivity index (χ1n) is 8.22. The highest BCUT2D eigenvalue weighted by molar-refractivity contribution is 6.33. The van der Waals surface area contributed by atoms with Crippen molar-refractivity contribution < 1.29 is 9.53 Å². The first-order valence-corrected chi connectivity index (χ1v) is 8.60. The molecule has 1 aliphatic rings. The van der Waals surface area contributed by atoms with Crippen LogP contribution in [0.3, 0.4) is 0 Å². The predicted molar refractivity (Wildman–Crippen MR) is 96.0 cm³/mol. The number of aromatic nitrogens is 2. The van der Waals surface area contributed by atoms with Crippen molar-refractivity contribution in [3.05, 3.63) is 57.5 Å². The molecule has 2 aromatic rings. The van der Waals surface area contributed by atoms with Gasteiger partial charge in [0.25, 0.3) is 5.56 Å². The van der Waals surface area contributed by atoms with Crippen molar-refractivity contribution in [3.63, 3.8) is 0 Å². The standard InChI is InChI=1S/C18H20ClN3O3/c1-25-18(24)14-7-9-21(10-8-14)15-11-20-22(17(23)16(15)19)12-13-5-3-2-4-6-13/h2-6,11,14H,7-10,12H2,1H3. The molecule has 3 rings (SSSR count). The van der Waals surface area contributed by atoms with Crippen LogP contribution in [0.1, 0.15) is 18.4 Å². The van der Waals surface area contributed by atoms with Crippen LogP contribution >= 0.6 is 11.6 Å². The smallest absolute Gasteiger partial charge is 0.308 e. The van der Waals surface area contributed by atoms with E-state index in [2.05, 4.69) is 5.10 Å². The van der Waals surface area contributed by atoms with Crippen molar-refractivity contribution >= 4 is 23.3 Å². The maximum absolute atomic E-state index is 12.5. The molecule has 0 atom stereocenters. The summed E-state index contributed by atoms with van der Waals surface area (Å²) in [6.45, 7) is 1.66. The molecule has 0 N–H and O–H groups in total. The topological polar surface area (TPSA) is 64.4 Å². The van der Waals surface area contributed by atoms with Crippen LogP contribution in [0.25, 0.3) is 0 Å². The van der Waals surface area contributed by atoms with Gasteiger partial charge in [-0.15, -0.1) is 0 Å². The molecule has 1 saturated heterocycles. The lowest BCUT2D eigenvalue weighted by Crippen LogP contribution is -2.38. The Morgan fingerprint density at radius 3 is 2.60 bits per heavy atom. The molecule has 0 spiro atoms. The van der Waals surface area contributed by atoms with Crippen LogP contribution in [0.5, 0.6) is 0 Å². The highest BCUT2D eigenvalue weighted by atomic mass is 35.5. The van der Waals surface area contributed by atoms with Crippen molar-refractivity contribution in [1.82, 2.24) is 9.78 Å². The van der Waals surface area contributed by atoms with E-state index in [1.54, 1.807) is 6.20 Å². The average molecular weight is 362 g/mol. The normalized spacial score (nSPS) is 15.2. The van der Waals surface area contributed by atoms with Gasteiger partial charge in [-0.25, -0.2) is 4.68 Å². The molecule has 1 fully saturated rings. The maximum atomic E-state index is 12.5. The van der Waals surface area contributed by atoms with Crippen molar-refractivity contribution in [2.45, 2.75) is 19.4 Å². The number of carbonyl (C=O) groups excluding carboxylic acids is 1. The first-order chi connectivity index (χ1) is 12.1. The molecular weight excluding hydrogens is 342 g/mol. The number of nitrogens with zero attached hydrogens (tertiary/aromatic N) is 3. The number of esters is 1. The zero-order valence-electron chi connectivity index (χ0n) is 14.0. The molecule has 2 heterocycles. The molecule has 0 amide bonds. The fraction of sp³-hybridized carbons (Fsp3) is 0.389. The van der Waals surface area contributed by atoms with E-state index in [0.29, 0.717) is 38.2 Å². The van der Waals surface area contributed by atoms with Gasteiger partial charge in [-0.05, 0) is 18.4 Å². The van der Waals surface area contributed by atoms with E-state index < -0.39 is 0 Å². The molecule has 1 aromatic heterocycles. The summed E-state index contributed by atoms with van der Waals surface area (Å²) in [6, 6.07) is 9.64. The van der Waals surface area contributed by atoms with Gasteiger partial charge in [0.15, 0.2) is 0 Å². The third kappa shape index (κ3) is 3.85. The molecule has 25 heavy (non-hydrogen) atoms. The Kier molecular flexibility index (Phi) is 5.38. The van der Waals surface area contributed by atoms with Gasteiger partial charge in [-0.2, -0.15) is 5.10 Å². The summed E-state index contributed by atoms with van der Waals surface area (Å²) in [5.41, 5.74) is 1.30. The number of hydrogen-bond donors (Lipinski definition) is 0. The summed E-state index contributed by atoms with van der Waals surface area (Å²) in [5.74, 6) is -0.270. The van der Waals surface area contributed by atoms with Gasteiger partial charge in [0.1, 0.15) is 5.02 Å². The largest absolute Gasteiger partial charge is 0.469 e. The summed E-state index contributed by atoms with van der Waals surface area (Å²) in [7, 11) is 1.40. The highest BCUT2D eigenvalue weighted by Gasteiger charge is 2.27. The van der Waals surface area contributed by atoms with Gasteiger partial charge in [0.2, 0.25) is 0 Å². The van der Waals surface area contributed by atoms with E-state index in [0.717, 1.165) is 5.56 Å². The van der Waals surface area contributed by atoms with E-state index in [1.807, 2.05) is 35.2 Å². The molecule has 7 heteroatoms. The van der Waals surface area contributed by atoms with Crippen molar-refractivity contribution in [1.29, 1.82) is 0 Å². The Hall–Kier alpha value is -2.34. The van der Waals surface area contributed by atoms with Crippen LogP contribution in [0.4, 0.5) is 5.69 Å². The van der Waals surface area contributed by atoms with Crippen LogP contribution in [-0.2, 0) is 16.1 Å². The maximum Gasteiger partial charge on any atom is 0.308 e. The van der Waals surface area contributed by atoms with E-state index in [1.165, 1.54) is 11.8 Å². The average Bonchev–Trinajstić information content (AvgIpc) is 2.66. The Morgan fingerprint density at radius 2 is 1.96 bits per heavy atom. The van der Waals surface area contributed by atoms with Crippen LogP contribution in [0.2, 0.25) is 5.02 Å². The van der Waals surface area contributed by atoms with E-state index in [9.17, 15) is 9.59 Å². The van der Waals surface area contributed by atoms with E-state index >= 15 is 0 Å². The van der Waals surface area contributed by atoms with E-state index in [-0.39, 0.29) is 22.5 Å². The van der Waals surface area contributed by atoms with Crippen LogP contribution < -0.4 is 10.5 Å². The Morgan fingerprint density at radius 1 is 1.28 bits per heavy atom. The Balaban J connectivity index is 1.75. The molecule has 1 aromatic carbocycles. The number of halogens is 1. The van der Waals surface area contributed by atoms with Gasteiger partial charge in [-0.1, -0.05) is 41.9 Å². The van der Waals surface area contributed by atoms with Gasteiger partial charge in [0.05, 0.1) is 31.5 Å². The van der Waals surface area contributed by atoms with Crippen LogP contribution in [-0.4, -0.2) is 35.9 Å². The van der Waals surface area contributed by atoms with Gasteiger partial charge < -0.3 is 9.64 Å². The minimum Gasteiger partial charge on any atom is -0.469 e. The summed E-state index contributed by atoms with van der Waals surface area (Å²) >= 11 is 6.32. The number of rotatable bonds is 4. The zero-order chi connectivity index (χ0) is 17.8. The second-order valence-corrected chi connectivity index (χ2v) is 6.45. The number of anilines is 1. The lowest BCUT2D eigenvalue weighted by atomic mass is 9.97. The summed E-state index contributed by atoms with van der Waals surface area (Å²) in [5, 5.41) is 4.44. The third-order valence-electron chi connectivity index (χ3n) is 4.51. The monoisotopic (exact) mass is 361 g/mol. The number of benzene rings is 1. The zero-order valence-corrected chi connectivity index (χ0v) is 14.8. The summed E-state index contributed by atoms with van der Waals surface area (Å²) < 4.78 is 6.16. The second-order valence-electron chi connectivity index (χ2n) is 6.08. The molecule has 0 radical (unpaired) electrons. The highest BCUT2D eigenvalue weighted by Crippen LogP contribution is 2.27. The SMILES string of the molecule is COC(=O)C1CCN(c2cnn(Cc3ccccc3)c(=O)c2Cl)CC1. The van der Waals surface area contributed by atoms with Gasteiger partial charge in [0, 0.05) is 13.1 Å².